The van der Waals surface area contributed by atoms with Gasteiger partial charge in [-0.1, -0.05) is 30.3 Å². The predicted octanol–water partition coefficient (Wildman–Crippen LogP) is 2.62. The fraction of sp³-hybridized carbons (Fsp3) is 0.267. The van der Waals surface area contributed by atoms with Gasteiger partial charge in [0.1, 0.15) is 12.2 Å². The minimum atomic E-state index is -4.47. The normalized spacial score (nSPS) is 14.8. The van der Waals surface area contributed by atoms with Gasteiger partial charge in [0.2, 0.25) is 0 Å². The molecule has 1 aliphatic rings. The van der Waals surface area contributed by atoms with Crippen LogP contribution >= 0.6 is 0 Å². The van der Waals surface area contributed by atoms with E-state index in [0.29, 0.717) is 10.4 Å². The topological polar surface area (TPSA) is 59.3 Å². The largest absolute Gasteiger partial charge is 0.408 e. The second-order valence-electron chi connectivity index (χ2n) is 5.16. The highest BCUT2D eigenvalue weighted by molar-refractivity contribution is 6.10. The van der Waals surface area contributed by atoms with Gasteiger partial charge >= 0.3 is 6.18 Å². The number of carbonyl (C=O) groups is 1. The molecule has 0 saturated heterocycles. The Balaban J connectivity index is 2.10. The number of aliphatic imine (C=N–C) groups is 1. The third-order valence-electron chi connectivity index (χ3n) is 3.41. The van der Waals surface area contributed by atoms with Gasteiger partial charge in [-0.15, -0.1) is 0 Å². The SMILES string of the molecule is Cc1nn(CC(F)(F)F)c2c1N=C(c1ccccc1)CNC2=O. The summed E-state index contributed by atoms with van der Waals surface area (Å²) in [6.07, 6.45) is -4.47. The minimum Gasteiger partial charge on any atom is -0.345 e. The molecule has 5 nitrogen and oxygen atoms in total. The number of fused-ring (bicyclic) bond motifs is 1. The molecule has 0 aliphatic carbocycles. The predicted molar refractivity (Wildman–Crippen MR) is 78.0 cm³/mol. The zero-order valence-corrected chi connectivity index (χ0v) is 12.2. The molecule has 8 heteroatoms. The van der Waals surface area contributed by atoms with Crippen molar-refractivity contribution in [2.45, 2.75) is 19.6 Å². The average Bonchev–Trinajstić information content (AvgIpc) is 2.66. The van der Waals surface area contributed by atoms with E-state index in [9.17, 15) is 18.0 Å². The number of amides is 1. The molecule has 120 valence electrons. The van der Waals surface area contributed by atoms with Gasteiger partial charge in [0.15, 0.2) is 5.69 Å². The number of nitrogens with zero attached hydrogens (tertiary/aromatic N) is 3. The maximum Gasteiger partial charge on any atom is 0.408 e. The summed E-state index contributed by atoms with van der Waals surface area (Å²) in [6, 6.07) is 9.14. The molecule has 0 bridgehead atoms. The van der Waals surface area contributed by atoms with Crippen molar-refractivity contribution in [3.05, 3.63) is 47.3 Å². The summed E-state index contributed by atoms with van der Waals surface area (Å²) in [5.74, 6) is -0.612. The number of aryl methyl sites for hydroxylation is 1. The maximum absolute atomic E-state index is 12.7. The average molecular weight is 322 g/mol. The van der Waals surface area contributed by atoms with Crippen LogP contribution in [0.5, 0.6) is 0 Å². The van der Waals surface area contributed by atoms with E-state index in [2.05, 4.69) is 15.4 Å². The van der Waals surface area contributed by atoms with Gasteiger partial charge in [-0.05, 0) is 12.5 Å². The molecule has 0 radical (unpaired) electrons. The number of aromatic nitrogens is 2. The van der Waals surface area contributed by atoms with E-state index >= 15 is 0 Å². The lowest BCUT2D eigenvalue weighted by Crippen LogP contribution is -2.31. The summed E-state index contributed by atoms with van der Waals surface area (Å²) < 4.78 is 38.7. The highest BCUT2D eigenvalue weighted by Crippen LogP contribution is 2.29. The second kappa shape index (κ2) is 5.53. The Labute approximate surface area is 129 Å². The lowest BCUT2D eigenvalue weighted by atomic mass is 10.1. The molecule has 0 spiro atoms. The summed E-state index contributed by atoms with van der Waals surface area (Å²) in [4.78, 5) is 16.6. The summed E-state index contributed by atoms with van der Waals surface area (Å²) in [5, 5.41) is 6.42. The first-order valence-electron chi connectivity index (χ1n) is 6.90. The van der Waals surface area contributed by atoms with Crippen LogP contribution in [0.3, 0.4) is 0 Å². The minimum absolute atomic E-state index is 0.142. The molecule has 0 fully saturated rings. The number of benzene rings is 1. The van der Waals surface area contributed by atoms with Crippen molar-refractivity contribution in [2.24, 2.45) is 4.99 Å². The van der Waals surface area contributed by atoms with Gasteiger partial charge < -0.3 is 5.32 Å². The first-order chi connectivity index (χ1) is 10.8. The second-order valence-corrected chi connectivity index (χ2v) is 5.16. The van der Waals surface area contributed by atoms with Crippen molar-refractivity contribution in [3.8, 4) is 0 Å². The van der Waals surface area contributed by atoms with Crippen LogP contribution in [0.4, 0.5) is 18.9 Å². The Bertz CT molecular complexity index is 778. The zero-order chi connectivity index (χ0) is 16.6. The van der Waals surface area contributed by atoms with E-state index < -0.39 is 18.6 Å². The number of nitrogens with one attached hydrogen (secondary N) is 1. The van der Waals surface area contributed by atoms with Crippen molar-refractivity contribution in [1.29, 1.82) is 0 Å². The van der Waals surface area contributed by atoms with E-state index in [0.717, 1.165) is 5.56 Å². The molecular weight excluding hydrogens is 309 g/mol. The van der Waals surface area contributed by atoms with E-state index in [4.69, 9.17) is 0 Å². The third-order valence-corrected chi connectivity index (χ3v) is 3.41. The van der Waals surface area contributed by atoms with Crippen LogP contribution in [0.25, 0.3) is 0 Å². The number of carbonyl (C=O) groups excluding carboxylic acids is 1. The molecule has 1 aromatic heterocycles. The maximum atomic E-state index is 12.7. The van der Waals surface area contributed by atoms with Gasteiger partial charge in [0, 0.05) is 0 Å². The number of hydrogen-bond donors (Lipinski definition) is 1. The van der Waals surface area contributed by atoms with E-state index in [1.54, 1.807) is 0 Å². The Morgan fingerprint density at radius 2 is 1.96 bits per heavy atom. The summed E-state index contributed by atoms with van der Waals surface area (Å²) in [7, 11) is 0. The van der Waals surface area contributed by atoms with Crippen LogP contribution < -0.4 is 5.32 Å². The molecule has 1 N–H and O–H groups in total. The van der Waals surface area contributed by atoms with Gasteiger partial charge in [0.25, 0.3) is 5.91 Å². The molecular formula is C15H13F3N4O. The summed E-state index contributed by atoms with van der Waals surface area (Å²) >= 11 is 0. The van der Waals surface area contributed by atoms with E-state index in [1.807, 2.05) is 30.3 Å². The van der Waals surface area contributed by atoms with E-state index in [-0.39, 0.29) is 23.6 Å². The van der Waals surface area contributed by atoms with Crippen LogP contribution in [0, 0.1) is 6.92 Å². The zero-order valence-electron chi connectivity index (χ0n) is 12.2. The lowest BCUT2D eigenvalue weighted by molar-refractivity contribution is -0.142. The van der Waals surface area contributed by atoms with Crippen molar-refractivity contribution in [3.63, 3.8) is 0 Å². The monoisotopic (exact) mass is 322 g/mol. The van der Waals surface area contributed by atoms with Gasteiger partial charge in [-0.3, -0.25) is 4.79 Å². The number of rotatable bonds is 2. The van der Waals surface area contributed by atoms with Crippen LogP contribution in [-0.4, -0.2) is 34.1 Å². The summed E-state index contributed by atoms with van der Waals surface area (Å²) in [6.45, 7) is 0.353. The van der Waals surface area contributed by atoms with Crippen molar-refractivity contribution >= 4 is 17.3 Å². The Kier molecular flexibility index (Phi) is 3.67. The smallest absolute Gasteiger partial charge is 0.345 e. The molecule has 0 unspecified atom stereocenters. The van der Waals surface area contributed by atoms with Crippen LogP contribution in [0.1, 0.15) is 21.7 Å². The fourth-order valence-electron chi connectivity index (χ4n) is 2.43. The van der Waals surface area contributed by atoms with E-state index in [1.165, 1.54) is 6.92 Å². The standard InChI is InChI=1S/C15H13F3N4O/c1-9-12-13(22(21-9)8-15(16,17)18)14(23)19-7-11(20-12)10-5-3-2-4-6-10/h2-6H,7-8H2,1H3,(H,19,23). The number of hydrogen-bond acceptors (Lipinski definition) is 3. The Hall–Kier alpha value is -2.64. The molecule has 23 heavy (non-hydrogen) atoms. The Morgan fingerprint density at radius 3 is 2.61 bits per heavy atom. The molecule has 2 heterocycles. The Morgan fingerprint density at radius 1 is 1.26 bits per heavy atom. The molecule has 2 aromatic rings. The van der Waals surface area contributed by atoms with Gasteiger partial charge in [-0.25, -0.2) is 9.67 Å². The summed E-state index contributed by atoms with van der Waals surface area (Å²) in [5.41, 5.74) is 1.68. The molecule has 1 aromatic carbocycles. The number of halogens is 3. The molecule has 1 aliphatic heterocycles. The highest BCUT2D eigenvalue weighted by Gasteiger charge is 2.33. The molecule has 3 rings (SSSR count). The van der Waals surface area contributed by atoms with Crippen molar-refractivity contribution < 1.29 is 18.0 Å². The molecule has 0 atom stereocenters. The molecule has 0 saturated carbocycles. The third kappa shape index (κ3) is 3.10. The first-order valence-corrected chi connectivity index (χ1v) is 6.90. The highest BCUT2D eigenvalue weighted by atomic mass is 19.4. The van der Waals surface area contributed by atoms with Crippen LogP contribution in [-0.2, 0) is 6.54 Å². The van der Waals surface area contributed by atoms with Crippen molar-refractivity contribution in [2.75, 3.05) is 6.54 Å². The number of alkyl halides is 3. The van der Waals surface area contributed by atoms with Crippen LogP contribution in [0.2, 0.25) is 0 Å². The van der Waals surface area contributed by atoms with Crippen LogP contribution in [0.15, 0.2) is 35.3 Å². The lowest BCUT2D eigenvalue weighted by Gasteiger charge is -2.09. The first kappa shape index (κ1) is 15.3. The fourth-order valence-corrected chi connectivity index (χ4v) is 2.43. The van der Waals surface area contributed by atoms with Gasteiger partial charge in [0.05, 0.1) is 18.0 Å². The van der Waals surface area contributed by atoms with Crippen molar-refractivity contribution in [1.82, 2.24) is 15.1 Å². The molecule has 1 amide bonds. The quantitative estimate of drug-likeness (QED) is 0.924. The van der Waals surface area contributed by atoms with Gasteiger partial charge in [-0.2, -0.15) is 18.3 Å².